The van der Waals surface area contributed by atoms with Gasteiger partial charge in [-0.25, -0.2) is 14.3 Å². The number of aromatic nitrogens is 5. The van der Waals surface area contributed by atoms with Gasteiger partial charge in [-0.15, -0.1) is 11.3 Å². The Morgan fingerprint density at radius 1 is 1.25 bits per heavy atom. The zero-order valence-corrected chi connectivity index (χ0v) is 22.8. The largest absolute Gasteiger partial charge is 0.459 e. The topological polar surface area (TPSA) is 103 Å². The van der Waals surface area contributed by atoms with Gasteiger partial charge in [0.1, 0.15) is 10.7 Å². The second-order valence-electron chi connectivity index (χ2n) is 8.80. The number of amides is 1. The molecule has 1 amide bonds. The Bertz CT molecular complexity index is 1460. The molecule has 0 fully saturated rings. The molecule has 188 valence electrons. The quantitative estimate of drug-likeness (QED) is 0.293. The van der Waals surface area contributed by atoms with Gasteiger partial charge >= 0.3 is 5.97 Å². The summed E-state index contributed by atoms with van der Waals surface area (Å²) in [5.41, 5.74) is 3.64. The highest BCUT2D eigenvalue weighted by molar-refractivity contribution is 9.10. The predicted octanol–water partition coefficient (Wildman–Crippen LogP) is 5.52. The highest BCUT2D eigenvalue weighted by Gasteiger charge is 2.29. The fraction of sp³-hybridized carbons (Fsp3) is 0.400. The number of halogens is 1. The lowest BCUT2D eigenvalue weighted by Gasteiger charge is -2.15. The Labute approximate surface area is 221 Å². The predicted molar refractivity (Wildman–Crippen MR) is 142 cm³/mol. The van der Waals surface area contributed by atoms with Crippen LogP contribution < -0.4 is 5.32 Å². The summed E-state index contributed by atoms with van der Waals surface area (Å²) in [6, 6.07) is 3.44. The maximum atomic E-state index is 13.3. The van der Waals surface area contributed by atoms with Crippen molar-refractivity contribution in [3.8, 4) is 11.4 Å². The van der Waals surface area contributed by atoms with Crippen molar-refractivity contribution in [2.24, 2.45) is 0 Å². The fourth-order valence-corrected chi connectivity index (χ4v) is 6.07. The van der Waals surface area contributed by atoms with Crippen LogP contribution in [0.25, 0.3) is 17.0 Å². The Morgan fingerprint density at radius 2 is 2.06 bits per heavy atom. The average Bonchev–Trinajstić information content (AvgIpc) is 3.57. The Hall–Kier alpha value is -3.05. The maximum absolute atomic E-state index is 13.3. The molecule has 5 rings (SSSR count). The maximum Gasteiger partial charge on any atom is 0.341 e. The number of nitrogens with one attached hydrogen (secondary N) is 1. The van der Waals surface area contributed by atoms with Gasteiger partial charge in [0.05, 0.1) is 21.8 Å². The molecule has 0 aliphatic heterocycles. The third-order valence-electron chi connectivity index (χ3n) is 6.36. The number of carbonyl (C=O) groups excluding carboxylic acids is 2. The number of rotatable bonds is 7. The van der Waals surface area contributed by atoms with Crippen molar-refractivity contribution in [3.63, 3.8) is 0 Å². The molecule has 1 atom stereocenters. The number of aryl methyl sites for hydroxylation is 2. The van der Waals surface area contributed by atoms with Crippen molar-refractivity contribution < 1.29 is 14.3 Å². The van der Waals surface area contributed by atoms with Gasteiger partial charge in [-0.3, -0.25) is 9.48 Å². The Kier molecular flexibility index (Phi) is 6.94. The number of fused-ring (bicyclic) bond motifs is 2. The molecule has 0 bridgehead atoms. The molecular formula is C25H27BrN6O3S. The summed E-state index contributed by atoms with van der Waals surface area (Å²) in [6.07, 6.45) is 7.91. The molecule has 4 aromatic rings. The van der Waals surface area contributed by atoms with Crippen LogP contribution >= 0.6 is 27.3 Å². The Balaban J connectivity index is 1.48. The molecule has 4 aromatic heterocycles. The van der Waals surface area contributed by atoms with E-state index in [9.17, 15) is 9.59 Å². The SMILES string of the molecule is CCC(C)OC(=O)c1c(NC(=O)c2cc3nccc(-c4nn(CC)cc4Br)n3n2)sc2c1CCCC2. The molecule has 1 aliphatic rings. The molecule has 1 aliphatic carbocycles. The van der Waals surface area contributed by atoms with Crippen molar-refractivity contribution >= 4 is 49.8 Å². The standard InChI is InChI=1S/C25H27BrN6O3S/c1-4-14(3)35-25(34)21-15-8-6-7-9-19(15)36-24(21)28-23(33)17-12-20-27-11-10-18(32(20)29-17)22-16(26)13-31(5-2)30-22/h10-14H,4-9H2,1-3H3,(H,28,33). The van der Waals surface area contributed by atoms with E-state index in [1.165, 1.54) is 11.3 Å². The first-order valence-electron chi connectivity index (χ1n) is 12.1. The molecule has 0 aromatic carbocycles. The second kappa shape index (κ2) is 10.1. The van der Waals surface area contributed by atoms with Crippen molar-refractivity contribution in [3.05, 3.63) is 50.7 Å². The molecule has 9 nitrogen and oxygen atoms in total. The zero-order valence-electron chi connectivity index (χ0n) is 20.4. The van der Waals surface area contributed by atoms with Crippen LogP contribution in [-0.2, 0) is 24.1 Å². The van der Waals surface area contributed by atoms with E-state index in [1.807, 2.05) is 37.7 Å². The van der Waals surface area contributed by atoms with E-state index >= 15 is 0 Å². The molecule has 0 saturated carbocycles. The third kappa shape index (κ3) is 4.57. The van der Waals surface area contributed by atoms with Crippen LogP contribution in [0.2, 0.25) is 0 Å². The number of anilines is 1. The summed E-state index contributed by atoms with van der Waals surface area (Å²) in [7, 11) is 0. The van der Waals surface area contributed by atoms with Crippen LogP contribution in [0.4, 0.5) is 5.00 Å². The van der Waals surface area contributed by atoms with Crippen LogP contribution in [0.15, 0.2) is 29.0 Å². The molecule has 36 heavy (non-hydrogen) atoms. The minimum Gasteiger partial charge on any atom is -0.459 e. The number of esters is 1. The number of carbonyl (C=O) groups is 2. The van der Waals surface area contributed by atoms with Gasteiger partial charge < -0.3 is 10.1 Å². The molecule has 0 saturated heterocycles. The summed E-state index contributed by atoms with van der Waals surface area (Å²) < 4.78 is 9.90. The van der Waals surface area contributed by atoms with E-state index in [4.69, 9.17) is 4.74 Å². The van der Waals surface area contributed by atoms with E-state index in [2.05, 4.69) is 36.4 Å². The number of nitrogens with zero attached hydrogens (tertiary/aromatic N) is 5. The second-order valence-corrected chi connectivity index (χ2v) is 10.8. The monoisotopic (exact) mass is 570 g/mol. The average molecular weight is 572 g/mol. The minimum atomic E-state index is -0.402. The summed E-state index contributed by atoms with van der Waals surface area (Å²) in [6.45, 7) is 6.59. The van der Waals surface area contributed by atoms with E-state index in [0.717, 1.165) is 53.6 Å². The van der Waals surface area contributed by atoms with Crippen LogP contribution in [0, 0.1) is 0 Å². The fourth-order valence-electron chi connectivity index (χ4n) is 4.28. The van der Waals surface area contributed by atoms with Gasteiger partial charge in [-0.1, -0.05) is 6.92 Å². The molecule has 11 heteroatoms. The highest BCUT2D eigenvalue weighted by Crippen LogP contribution is 2.39. The summed E-state index contributed by atoms with van der Waals surface area (Å²) in [5.74, 6) is -0.782. The van der Waals surface area contributed by atoms with Gasteiger partial charge in [0, 0.05) is 29.9 Å². The van der Waals surface area contributed by atoms with E-state index in [-0.39, 0.29) is 17.8 Å². The van der Waals surface area contributed by atoms with E-state index < -0.39 is 5.91 Å². The van der Waals surface area contributed by atoms with Crippen molar-refractivity contribution in [2.75, 3.05) is 5.32 Å². The van der Waals surface area contributed by atoms with Crippen molar-refractivity contribution in [2.45, 2.75) is 65.5 Å². The number of thiophene rings is 1. The third-order valence-corrected chi connectivity index (χ3v) is 8.15. The van der Waals surface area contributed by atoms with E-state index in [0.29, 0.717) is 27.6 Å². The summed E-state index contributed by atoms with van der Waals surface area (Å²) >= 11 is 5.03. The molecule has 1 N–H and O–H groups in total. The number of ether oxygens (including phenoxy) is 1. The smallest absolute Gasteiger partial charge is 0.341 e. The normalized spacial score (nSPS) is 14.0. The van der Waals surface area contributed by atoms with Gasteiger partial charge in [-0.2, -0.15) is 10.2 Å². The number of hydrogen-bond acceptors (Lipinski definition) is 7. The van der Waals surface area contributed by atoms with Crippen LogP contribution in [0.3, 0.4) is 0 Å². The molecule has 1 unspecified atom stereocenters. The lowest BCUT2D eigenvalue weighted by molar-refractivity contribution is 0.0335. The molecule has 0 spiro atoms. The summed E-state index contributed by atoms with van der Waals surface area (Å²) in [5, 5.41) is 12.6. The lowest BCUT2D eigenvalue weighted by Crippen LogP contribution is -2.19. The summed E-state index contributed by atoms with van der Waals surface area (Å²) in [4.78, 5) is 31.9. The van der Waals surface area contributed by atoms with Crippen LogP contribution in [0.1, 0.15) is 71.3 Å². The van der Waals surface area contributed by atoms with Gasteiger partial charge in [0.2, 0.25) is 0 Å². The molecule has 0 radical (unpaired) electrons. The lowest BCUT2D eigenvalue weighted by atomic mass is 9.95. The van der Waals surface area contributed by atoms with Crippen molar-refractivity contribution in [1.82, 2.24) is 24.4 Å². The van der Waals surface area contributed by atoms with E-state index in [1.54, 1.807) is 16.8 Å². The van der Waals surface area contributed by atoms with Crippen molar-refractivity contribution in [1.29, 1.82) is 0 Å². The van der Waals surface area contributed by atoms with Crippen LogP contribution in [0.5, 0.6) is 0 Å². The Morgan fingerprint density at radius 3 is 2.81 bits per heavy atom. The van der Waals surface area contributed by atoms with Gasteiger partial charge in [0.15, 0.2) is 11.3 Å². The minimum absolute atomic E-state index is 0.196. The van der Waals surface area contributed by atoms with Crippen LogP contribution in [-0.4, -0.2) is 42.4 Å². The molecular weight excluding hydrogens is 544 g/mol. The van der Waals surface area contributed by atoms with Gasteiger partial charge in [0.25, 0.3) is 5.91 Å². The first kappa shape index (κ1) is 24.6. The molecule has 4 heterocycles. The highest BCUT2D eigenvalue weighted by atomic mass is 79.9. The zero-order chi connectivity index (χ0) is 25.4. The number of hydrogen-bond donors (Lipinski definition) is 1. The first-order valence-corrected chi connectivity index (χ1v) is 13.8. The van der Waals surface area contributed by atoms with Gasteiger partial charge in [-0.05, 0) is 73.5 Å². The first-order chi connectivity index (χ1) is 17.4.